The summed E-state index contributed by atoms with van der Waals surface area (Å²) in [5.41, 5.74) is 0.205. The van der Waals surface area contributed by atoms with Gasteiger partial charge in [-0.2, -0.15) is 0 Å². The quantitative estimate of drug-likeness (QED) is 0.577. The number of carbonyl (C=O) groups excluding carboxylic acids is 1. The number of aromatic nitrogens is 2. The zero-order valence-electron chi connectivity index (χ0n) is 18.3. The molecule has 0 unspecified atom stereocenters. The second kappa shape index (κ2) is 9.55. The average Bonchev–Trinajstić information content (AvgIpc) is 2.74. The van der Waals surface area contributed by atoms with Gasteiger partial charge < -0.3 is 10.0 Å². The number of carbonyl (C=O) groups is 1. The fourth-order valence-electron chi connectivity index (χ4n) is 3.68. The highest BCUT2D eigenvalue weighted by atomic mass is 32.2. The number of nitrogens with zero attached hydrogens (tertiary/aromatic N) is 4. The van der Waals surface area contributed by atoms with E-state index in [1.54, 1.807) is 6.07 Å². The van der Waals surface area contributed by atoms with Gasteiger partial charge in [-0.3, -0.25) is 18.7 Å². The number of rotatable bonds is 4. The van der Waals surface area contributed by atoms with Crippen LogP contribution in [-0.4, -0.2) is 48.4 Å². The van der Waals surface area contributed by atoms with Crippen LogP contribution in [0.2, 0.25) is 0 Å². The van der Waals surface area contributed by atoms with Crippen molar-refractivity contribution in [3.63, 3.8) is 0 Å². The molecule has 1 fully saturated rings. The smallest absolute Gasteiger partial charge is 0.333 e. The minimum atomic E-state index is -0.654. The molecule has 3 rings (SSSR count). The summed E-state index contributed by atoms with van der Waals surface area (Å²) in [6, 6.07) is 7.58. The Morgan fingerprint density at radius 3 is 2.65 bits per heavy atom. The van der Waals surface area contributed by atoms with E-state index in [2.05, 4.69) is 4.99 Å². The van der Waals surface area contributed by atoms with Gasteiger partial charge in [-0.15, -0.1) is 0 Å². The van der Waals surface area contributed by atoms with Gasteiger partial charge in [0.15, 0.2) is 0 Å². The first-order valence-electron chi connectivity index (χ1n) is 10.3. The van der Waals surface area contributed by atoms with E-state index >= 15 is 0 Å². The molecule has 0 saturated carbocycles. The lowest BCUT2D eigenvalue weighted by Crippen LogP contribution is -2.43. The molecule has 1 saturated heterocycles. The zero-order chi connectivity index (χ0) is 22.7. The van der Waals surface area contributed by atoms with Crippen LogP contribution in [0, 0.1) is 6.92 Å². The molecule has 0 aliphatic carbocycles. The van der Waals surface area contributed by atoms with Crippen molar-refractivity contribution in [3.8, 4) is 5.88 Å². The molecule has 1 aliphatic rings. The summed E-state index contributed by atoms with van der Waals surface area (Å²) in [4.78, 5) is 44.3. The van der Waals surface area contributed by atoms with E-state index in [0.717, 1.165) is 52.3 Å². The SMILES string of the molecule is Cc1cccc(N=C(SCC(=O)N2CCCC[C@H]2C)c2c(O)n(C)c(=O)n(C)c2=O)c1. The molecule has 2 aromatic rings. The van der Waals surface area contributed by atoms with Crippen LogP contribution in [0.15, 0.2) is 38.8 Å². The number of piperidine rings is 1. The van der Waals surface area contributed by atoms with Crippen LogP contribution in [-0.2, 0) is 18.9 Å². The monoisotopic (exact) mass is 444 g/mol. The Morgan fingerprint density at radius 1 is 1.23 bits per heavy atom. The van der Waals surface area contributed by atoms with Crippen LogP contribution >= 0.6 is 11.8 Å². The molecular weight excluding hydrogens is 416 g/mol. The highest BCUT2D eigenvalue weighted by Gasteiger charge is 2.26. The molecule has 9 heteroatoms. The Balaban J connectivity index is 2.02. The fraction of sp³-hybridized carbons (Fsp3) is 0.455. The van der Waals surface area contributed by atoms with Gasteiger partial charge in [0, 0.05) is 26.7 Å². The molecule has 8 nitrogen and oxygen atoms in total. The molecule has 2 heterocycles. The fourth-order valence-corrected chi connectivity index (χ4v) is 4.60. The van der Waals surface area contributed by atoms with Crippen molar-refractivity contribution >= 4 is 28.4 Å². The van der Waals surface area contributed by atoms with Crippen molar-refractivity contribution in [1.82, 2.24) is 14.0 Å². The number of aliphatic imine (C=N–C) groups is 1. The van der Waals surface area contributed by atoms with E-state index in [0.29, 0.717) is 5.69 Å². The van der Waals surface area contributed by atoms with Gasteiger partial charge >= 0.3 is 5.69 Å². The minimum Gasteiger partial charge on any atom is -0.494 e. The lowest BCUT2D eigenvalue weighted by Gasteiger charge is -2.33. The second-order valence-electron chi connectivity index (χ2n) is 7.88. The van der Waals surface area contributed by atoms with Crippen molar-refractivity contribution in [2.45, 2.75) is 39.2 Å². The van der Waals surface area contributed by atoms with Gasteiger partial charge in [0.2, 0.25) is 11.8 Å². The molecule has 1 atom stereocenters. The number of benzene rings is 1. The second-order valence-corrected chi connectivity index (χ2v) is 8.84. The Bertz CT molecular complexity index is 1140. The third-order valence-electron chi connectivity index (χ3n) is 5.54. The molecule has 0 bridgehead atoms. The highest BCUT2D eigenvalue weighted by molar-refractivity contribution is 8.15. The highest BCUT2D eigenvalue weighted by Crippen LogP contribution is 2.25. The summed E-state index contributed by atoms with van der Waals surface area (Å²) in [7, 11) is 2.74. The summed E-state index contributed by atoms with van der Waals surface area (Å²) in [5, 5.41) is 10.8. The normalized spacial score (nSPS) is 17.1. The maximum Gasteiger partial charge on any atom is 0.333 e. The first kappa shape index (κ1) is 22.9. The summed E-state index contributed by atoms with van der Waals surface area (Å²) < 4.78 is 1.92. The summed E-state index contributed by atoms with van der Waals surface area (Å²) in [6.07, 6.45) is 3.07. The van der Waals surface area contributed by atoms with Crippen LogP contribution in [0.5, 0.6) is 5.88 Å². The van der Waals surface area contributed by atoms with E-state index in [-0.39, 0.29) is 28.3 Å². The van der Waals surface area contributed by atoms with Crippen LogP contribution in [0.4, 0.5) is 5.69 Å². The number of aryl methyl sites for hydroxylation is 1. The number of likely N-dealkylation sites (tertiary alicyclic amines) is 1. The van der Waals surface area contributed by atoms with Crippen LogP contribution in [0.1, 0.15) is 37.3 Å². The Morgan fingerprint density at radius 2 is 1.97 bits per heavy atom. The van der Waals surface area contributed by atoms with E-state index in [1.807, 2.05) is 36.9 Å². The summed E-state index contributed by atoms with van der Waals surface area (Å²) in [6.45, 7) is 4.69. The maximum atomic E-state index is 12.9. The molecule has 1 amide bonds. The van der Waals surface area contributed by atoms with Crippen molar-refractivity contribution in [2.75, 3.05) is 12.3 Å². The number of thioether (sulfide) groups is 1. The molecular formula is C22H28N4O4S. The number of aromatic hydroxyl groups is 1. The topological polar surface area (TPSA) is 96.9 Å². The first-order valence-corrected chi connectivity index (χ1v) is 11.3. The van der Waals surface area contributed by atoms with Crippen LogP contribution in [0.25, 0.3) is 0 Å². The average molecular weight is 445 g/mol. The van der Waals surface area contributed by atoms with Crippen LogP contribution < -0.4 is 11.2 Å². The molecule has 0 radical (unpaired) electrons. The number of amides is 1. The van der Waals surface area contributed by atoms with Crippen molar-refractivity contribution < 1.29 is 9.90 Å². The minimum absolute atomic E-state index is 0.0322. The predicted octanol–water partition coefficient (Wildman–Crippen LogP) is 2.31. The van der Waals surface area contributed by atoms with Crippen molar-refractivity contribution in [2.24, 2.45) is 19.1 Å². The number of hydrogen-bond donors (Lipinski definition) is 1. The molecule has 1 aliphatic heterocycles. The third-order valence-corrected chi connectivity index (χ3v) is 6.50. The molecule has 166 valence electrons. The Kier molecular flexibility index (Phi) is 7.04. The van der Waals surface area contributed by atoms with E-state index in [4.69, 9.17) is 0 Å². The van der Waals surface area contributed by atoms with Gasteiger partial charge in [0.1, 0.15) is 10.6 Å². The van der Waals surface area contributed by atoms with Gasteiger partial charge in [0.05, 0.1) is 11.4 Å². The van der Waals surface area contributed by atoms with Crippen molar-refractivity contribution in [1.29, 1.82) is 0 Å². The largest absolute Gasteiger partial charge is 0.494 e. The van der Waals surface area contributed by atoms with Crippen molar-refractivity contribution in [3.05, 3.63) is 56.2 Å². The lowest BCUT2D eigenvalue weighted by molar-refractivity contribution is -0.131. The Labute approximate surface area is 185 Å². The van der Waals surface area contributed by atoms with Gasteiger partial charge in [0.25, 0.3) is 5.56 Å². The molecule has 0 spiro atoms. The standard InChI is InChI=1S/C22H28N4O4S/c1-14-8-7-10-16(12-14)23-19(18-20(28)24(3)22(30)25(4)21(18)29)31-13-17(27)26-11-6-5-9-15(26)2/h7-8,10,12,15,28H,5-6,9,11,13H2,1-4H3/t15-/m1/s1. The predicted molar refractivity (Wildman–Crippen MR) is 123 cm³/mol. The molecule has 1 aromatic carbocycles. The van der Waals surface area contributed by atoms with Gasteiger partial charge in [-0.05, 0) is 50.8 Å². The van der Waals surface area contributed by atoms with Gasteiger partial charge in [-0.1, -0.05) is 23.9 Å². The zero-order valence-corrected chi connectivity index (χ0v) is 19.1. The molecule has 31 heavy (non-hydrogen) atoms. The Hall–Kier alpha value is -2.81. The van der Waals surface area contributed by atoms with Gasteiger partial charge in [-0.25, -0.2) is 9.79 Å². The van der Waals surface area contributed by atoms with E-state index in [9.17, 15) is 19.5 Å². The summed E-state index contributed by atoms with van der Waals surface area (Å²) >= 11 is 1.10. The lowest BCUT2D eigenvalue weighted by atomic mass is 10.0. The summed E-state index contributed by atoms with van der Waals surface area (Å²) in [5.74, 6) is -0.415. The first-order chi connectivity index (χ1) is 14.7. The molecule has 1 N–H and O–H groups in total. The number of hydrogen-bond acceptors (Lipinski definition) is 6. The van der Waals surface area contributed by atoms with E-state index < -0.39 is 17.1 Å². The maximum absolute atomic E-state index is 12.9. The van der Waals surface area contributed by atoms with Crippen LogP contribution in [0.3, 0.4) is 0 Å². The molecule has 1 aromatic heterocycles. The third kappa shape index (κ3) is 4.92. The van der Waals surface area contributed by atoms with E-state index in [1.165, 1.54) is 14.1 Å².